The zero-order valence-electron chi connectivity index (χ0n) is 14.6. The lowest BCUT2D eigenvalue weighted by molar-refractivity contribution is -0.128. The zero-order chi connectivity index (χ0) is 18.5. The van der Waals surface area contributed by atoms with Crippen LogP contribution in [0.1, 0.15) is 34.3 Å². The Morgan fingerprint density at radius 2 is 1.92 bits per heavy atom. The monoisotopic (exact) mass is 372 g/mol. The van der Waals surface area contributed by atoms with Crippen LogP contribution in [-0.4, -0.2) is 30.4 Å². The highest BCUT2D eigenvalue weighted by atomic mass is 35.5. The van der Waals surface area contributed by atoms with Gasteiger partial charge in [-0.05, 0) is 35.7 Å². The molecule has 6 heteroatoms. The van der Waals surface area contributed by atoms with E-state index >= 15 is 0 Å². The summed E-state index contributed by atoms with van der Waals surface area (Å²) in [5.74, 6) is 0.566. The van der Waals surface area contributed by atoms with Gasteiger partial charge in [0, 0.05) is 31.6 Å². The van der Waals surface area contributed by atoms with Crippen LogP contribution in [0.25, 0.3) is 0 Å². The molecule has 2 aromatic carbocycles. The maximum absolute atomic E-state index is 12.2. The predicted molar refractivity (Wildman–Crippen MR) is 100 cm³/mol. The molecule has 1 heterocycles. The third-order valence-electron chi connectivity index (χ3n) is 4.43. The Hall–Kier alpha value is -2.53. The van der Waals surface area contributed by atoms with Crippen molar-refractivity contribution in [2.75, 3.05) is 13.7 Å². The molecule has 136 valence electrons. The van der Waals surface area contributed by atoms with Crippen LogP contribution in [-0.2, 0) is 17.9 Å². The molecule has 0 saturated carbocycles. The smallest absolute Gasteiger partial charge is 0.251 e. The van der Waals surface area contributed by atoms with E-state index in [0.29, 0.717) is 35.8 Å². The third kappa shape index (κ3) is 4.35. The molecule has 0 aromatic heterocycles. The molecule has 0 spiro atoms. The molecule has 26 heavy (non-hydrogen) atoms. The number of rotatable bonds is 6. The minimum atomic E-state index is -0.193. The highest BCUT2D eigenvalue weighted by Crippen LogP contribution is 2.24. The predicted octanol–water partition coefficient (Wildman–Crippen LogP) is 3.40. The molecule has 1 aliphatic heterocycles. The number of likely N-dealkylation sites (tertiary alicyclic amines) is 1. The van der Waals surface area contributed by atoms with Gasteiger partial charge in [0.05, 0.1) is 12.1 Å². The van der Waals surface area contributed by atoms with Crippen LogP contribution < -0.4 is 10.1 Å². The van der Waals surface area contributed by atoms with E-state index in [9.17, 15) is 9.59 Å². The highest BCUT2D eigenvalue weighted by molar-refractivity contribution is 6.32. The Bertz CT molecular complexity index is 805. The van der Waals surface area contributed by atoms with Crippen molar-refractivity contribution in [3.8, 4) is 5.75 Å². The molecule has 1 saturated heterocycles. The first-order valence-corrected chi connectivity index (χ1v) is 8.92. The lowest BCUT2D eigenvalue weighted by atomic mass is 10.1. The number of carbonyl (C=O) groups is 2. The van der Waals surface area contributed by atoms with Gasteiger partial charge >= 0.3 is 0 Å². The summed E-state index contributed by atoms with van der Waals surface area (Å²) >= 11 is 6.06. The minimum Gasteiger partial charge on any atom is -0.495 e. The minimum absolute atomic E-state index is 0.193. The summed E-state index contributed by atoms with van der Waals surface area (Å²) in [6.07, 6.45) is 1.60. The van der Waals surface area contributed by atoms with Crippen molar-refractivity contribution in [2.45, 2.75) is 25.9 Å². The van der Waals surface area contributed by atoms with E-state index in [1.807, 2.05) is 29.2 Å². The number of halogens is 1. The summed E-state index contributed by atoms with van der Waals surface area (Å²) in [6.45, 7) is 1.91. The second-order valence-electron chi connectivity index (χ2n) is 6.27. The maximum Gasteiger partial charge on any atom is 0.251 e. The number of benzene rings is 2. The molecule has 5 nitrogen and oxygen atoms in total. The Morgan fingerprint density at radius 3 is 2.54 bits per heavy atom. The second kappa shape index (κ2) is 8.23. The number of hydrogen-bond donors (Lipinski definition) is 1. The van der Waals surface area contributed by atoms with Gasteiger partial charge in [0.25, 0.3) is 5.91 Å². The molecule has 0 atom stereocenters. The molecular formula is C20H21ClN2O3. The molecule has 2 amide bonds. The summed E-state index contributed by atoms with van der Waals surface area (Å²) in [4.78, 5) is 25.8. The average Bonchev–Trinajstić information content (AvgIpc) is 3.05. The van der Waals surface area contributed by atoms with Gasteiger partial charge in [-0.3, -0.25) is 9.59 Å². The first kappa shape index (κ1) is 18.3. The van der Waals surface area contributed by atoms with Crippen LogP contribution >= 0.6 is 11.6 Å². The van der Waals surface area contributed by atoms with Gasteiger partial charge in [-0.15, -0.1) is 0 Å². The number of amides is 2. The summed E-state index contributed by atoms with van der Waals surface area (Å²) < 4.78 is 5.09. The molecular weight excluding hydrogens is 352 g/mol. The Kier molecular flexibility index (Phi) is 5.78. The molecule has 1 N–H and O–H groups in total. The molecule has 2 aromatic rings. The van der Waals surface area contributed by atoms with Crippen LogP contribution in [0.4, 0.5) is 0 Å². The lowest BCUT2D eigenvalue weighted by Gasteiger charge is -2.15. The summed E-state index contributed by atoms with van der Waals surface area (Å²) in [5.41, 5.74) is 2.58. The van der Waals surface area contributed by atoms with E-state index < -0.39 is 0 Å². The Morgan fingerprint density at radius 1 is 1.19 bits per heavy atom. The van der Waals surface area contributed by atoms with Crippen molar-refractivity contribution in [2.24, 2.45) is 0 Å². The van der Waals surface area contributed by atoms with E-state index in [-0.39, 0.29) is 11.8 Å². The fourth-order valence-corrected chi connectivity index (χ4v) is 3.20. The highest BCUT2D eigenvalue weighted by Gasteiger charge is 2.19. The lowest BCUT2D eigenvalue weighted by Crippen LogP contribution is -2.24. The zero-order valence-corrected chi connectivity index (χ0v) is 15.4. The van der Waals surface area contributed by atoms with E-state index in [0.717, 1.165) is 24.1 Å². The van der Waals surface area contributed by atoms with Crippen LogP contribution in [0.3, 0.4) is 0 Å². The second-order valence-corrected chi connectivity index (χ2v) is 6.67. The van der Waals surface area contributed by atoms with Crippen molar-refractivity contribution < 1.29 is 14.3 Å². The van der Waals surface area contributed by atoms with E-state index in [4.69, 9.17) is 16.3 Å². The van der Waals surface area contributed by atoms with Crippen molar-refractivity contribution in [3.63, 3.8) is 0 Å². The summed E-state index contributed by atoms with van der Waals surface area (Å²) in [6, 6.07) is 12.9. The van der Waals surface area contributed by atoms with Gasteiger partial charge in [0.2, 0.25) is 5.91 Å². The topological polar surface area (TPSA) is 58.6 Å². The average molecular weight is 373 g/mol. The van der Waals surface area contributed by atoms with Crippen LogP contribution in [0.2, 0.25) is 5.02 Å². The van der Waals surface area contributed by atoms with E-state index in [2.05, 4.69) is 5.32 Å². The van der Waals surface area contributed by atoms with Crippen molar-refractivity contribution >= 4 is 23.4 Å². The quantitative estimate of drug-likeness (QED) is 0.845. The number of ether oxygens (including phenoxy) is 1. The van der Waals surface area contributed by atoms with Crippen LogP contribution in [0.5, 0.6) is 5.75 Å². The molecule has 3 rings (SSSR count). The summed E-state index contributed by atoms with van der Waals surface area (Å²) in [7, 11) is 1.53. The normalized spacial score (nSPS) is 13.8. The molecule has 0 radical (unpaired) electrons. The largest absolute Gasteiger partial charge is 0.495 e. The van der Waals surface area contributed by atoms with Crippen molar-refractivity contribution in [1.29, 1.82) is 0 Å². The standard InChI is InChI=1S/C20H21ClN2O3/c1-26-18-9-8-16(11-17(18)21)20(25)22-12-14-4-6-15(7-5-14)13-23-10-2-3-19(23)24/h4-9,11H,2-3,10,12-13H2,1H3,(H,22,25). The fraction of sp³-hybridized carbons (Fsp3) is 0.300. The molecule has 1 aliphatic rings. The van der Waals surface area contributed by atoms with Crippen LogP contribution in [0.15, 0.2) is 42.5 Å². The number of hydrogen-bond acceptors (Lipinski definition) is 3. The number of carbonyl (C=O) groups excluding carboxylic acids is 2. The van der Waals surface area contributed by atoms with E-state index in [1.165, 1.54) is 7.11 Å². The van der Waals surface area contributed by atoms with Crippen molar-refractivity contribution in [1.82, 2.24) is 10.2 Å². The SMILES string of the molecule is COc1ccc(C(=O)NCc2ccc(CN3CCCC3=O)cc2)cc1Cl. The molecule has 0 bridgehead atoms. The van der Waals surface area contributed by atoms with Gasteiger partial charge < -0.3 is 15.0 Å². The first-order valence-electron chi connectivity index (χ1n) is 8.54. The maximum atomic E-state index is 12.2. The third-order valence-corrected chi connectivity index (χ3v) is 4.73. The Balaban J connectivity index is 1.55. The molecule has 0 unspecified atom stereocenters. The van der Waals surface area contributed by atoms with Gasteiger partial charge in [-0.1, -0.05) is 35.9 Å². The van der Waals surface area contributed by atoms with Gasteiger partial charge in [0.15, 0.2) is 0 Å². The summed E-state index contributed by atoms with van der Waals surface area (Å²) in [5, 5.41) is 3.28. The van der Waals surface area contributed by atoms with Crippen LogP contribution in [0, 0.1) is 0 Å². The molecule has 0 aliphatic carbocycles. The first-order chi connectivity index (χ1) is 12.6. The van der Waals surface area contributed by atoms with E-state index in [1.54, 1.807) is 18.2 Å². The Labute approximate surface area is 157 Å². The number of methoxy groups -OCH3 is 1. The fourth-order valence-electron chi connectivity index (χ4n) is 2.95. The van der Waals surface area contributed by atoms with Gasteiger partial charge in [-0.25, -0.2) is 0 Å². The van der Waals surface area contributed by atoms with Gasteiger partial charge in [-0.2, -0.15) is 0 Å². The van der Waals surface area contributed by atoms with Crippen molar-refractivity contribution in [3.05, 3.63) is 64.2 Å². The number of nitrogens with one attached hydrogen (secondary N) is 1. The molecule has 1 fully saturated rings. The van der Waals surface area contributed by atoms with Gasteiger partial charge in [0.1, 0.15) is 5.75 Å². The number of nitrogens with zero attached hydrogens (tertiary/aromatic N) is 1.